The lowest BCUT2D eigenvalue weighted by atomic mass is 10.1. The first-order valence-electron chi connectivity index (χ1n) is 15.7. The molecular formula is C40H32N2O5S. The van der Waals surface area contributed by atoms with E-state index in [1.807, 2.05) is 133 Å². The molecule has 0 amide bonds. The summed E-state index contributed by atoms with van der Waals surface area (Å²) < 4.78 is 37.3. The number of para-hydroxylation sites is 2. The third-order valence-electron chi connectivity index (χ3n) is 8.37. The van der Waals surface area contributed by atoms with Gasteiger partial charge in [-0.3, -0.25) is 0 Å². The highest BCUT2D eigenvalue weighted by atomic mass is 32.2. The van der Waals surface area contributed by atoms with Crippen molar-refractivity contribution in [1.29, 1.82) is 0 Å². The lowest BCUT2D eigenvalue weighted by Crippen LogP contribution is -2.31. The second kappa shape index (κ2) is 13.2. The van der Waals surface area contributed by atoms with Gasteiger partial charge in [-0.15, -0.1) is 0 Å². The van der Waals surface area contributed by atoms with Crippen LogP contribution in [0.4, 0.5) is 11.4 Å². The van der Waals surface area contributed by atoms with E-state index in [0.29, 0.717) is 34.8 Å². The number of benzene rings is 6. The van der Waals surface area contributed by atoms with Crippen LogP contribution in [0.1, 0.15) is 11.1 Å². The van der Waals surface area contributed by atoms with Gasteiger partial charge in [0.1, 0.15) is 34.5 Å². The van der Waals surface area contributed by atoms with Crippen LogP contribution in [0.25, 0.3) is 0 Å². The molecule has 0 radical (unpaired) electrons. The van der Waals surface area contributed by atoms with Crippen molar-refractivity contribution in [3.63, 3.8) is 0 Å². The second-order valence-electron chi connectivity index (χ2n) is 11.6. The highest BCUT2D eigenvalue weighted by Crippen LogP contribution is 2.32. The molecule has 0 N–H and O–H groups in total. The Labute approximate surface area is 282 Å². The molecule has 238 valence electrons. The Bertz CT molecular complexity index is 1900. The van der Waals surface area contributed by atoms with Crippen LogP contribution in [0.5, 0.6) is 34.5 Å². The van der Waals surface area contributed by atoms with Crippen LogP contribution < -0.4 is 28.7 Å². The Balaban J connectivity index is 0.851. The van der Waals surface area contributed by atoms with Gasteiger partial charge < -0.3 is 28.7 Å². The molecule has 48 heavy (non-hydrogen) atoms. The Kier molecular flexibility index (Phi) is 8.14. The van der Waals surface area contributed by atoms with Crippen molar-refractivity contribution in [2.45, 2.75) is 22.9 Å². The van der Waals surface area contributed by atoms with Gasteiger partial charge in [0.15, 0.2) is 13.5 Å². The molecule has 6 aromatic rings. The number of rotatable bonds is 8. The van der Waals surface area contributed by atoms with Gasteiger partial charge in [-0.2, -0.15) is 0 Å². The molecule has 0 aliphatic carbocycles. The minimum absolute atomic E-state index is 0.505. The van der Waals surface area contributed by atoms with Crippen molar-refractivity contribution in [2.24, 2.45) is 0 Å². The topological polar surface area (TPSA) is 60.5 Å². The maximum absolute atomic E-state index is 13.3. The standard InChI is InChI=1S/C40H32N2O5S/c43-48(37-21-17-35(18-22-37)46-33-13-9-31(10-14-33)41-25-29-5-1-3-7-39(29)44-27-41)38-23-19-36(20-24-38)47-34-15-11-32(12-16-34)42-26-30-6-2-4-8-40(30)45-28-42/h1-24H,25-28H2. The van der Waals surface area contributed by atoms with Gasteiger partial charge in [-0.1, -0.05) is 36.4 Å². The highest BCUT2D eigenvalue weighted by Gasteiger charge is 2.18. The van der Waals surface area contributed by atoms with Crippen molar-refractivity contribution < 1.29 is 23.2 Å². The first-order valence-corrected chi connectivity index (χ1v) is 16.9. The van der Waals surface area contributed by atoms with E-state index < -0.39 is 10.8 Å². The summed E-state index contributed by atoms with van der Waals surface area (Å²) in [5.41, 5.74) is 4.46. The van der Waals surface area contributed by atoms with Crippen LogP contribution >= 0.6 is 0 Å². The third-order valence-corrected chi connectivity index (χ3v) is 9.77. The molecule has 8 heteroatoms. The minimum Gasteiger partial charge on any atom is -0.473 e. The number of hydrogen-bond donors (Lipinski definition) is 0. The maximum Gasteiger partial charge on any atom is 0.161 e. The van der Waals surface area contributed by atoms with Crippen LogP contribution in [0.15, 0.2) is 155 Å². The molecule has 0 unspecified atom stereocenters. The third kappa shape index (κ3) is 6.43. The van der Waals surface area contributed by atoms with Gasteiger partial charge in [0.25, 0.3) is 0 Å². The van der Waals surface area contributed by atoms with Crippen molar-refractivity contribution in [1.82, 2.24) is 0 Å². The number of anilines is 2. The van der Waals surface area contributed by atoms with Gasteiger partial charge >= 0.3 is 0 Å². The molecule has 2 aliphatic rings. The predicted molar refractivity (Wildman–Crippen MR) is 187 cm³/mol. The van der Waals surface area contributed by atoms with E-state index >= 15 is 0 Å². The Hall–Kier alpha value is -5.73. The molecule has 0 fully saturated rings. The zero-order valence-electron chi connectivity index (χ0n) is 26.0. The van der Waals surface area contributed by atoms with Crippen LogP contribution in [-0.4, -0.2) is 17.7 Å². The van der Waals surface area contributed by atoms with E-state index in [4.69, 9.17) is 18.9 Å². The van der Waals surface area contributed by atoms with Crippen molar-refractivity contribution >= 4 is 22.2 Å². The van der Waals surface area contributed by atoms with Gasteiger partial charge in [-0.05, 0) is 109 Å². The normalized spacial score (nSPS) is 13.6. The molecule has 2 aliphatic heterocycles. The highest BCUT2D eigenvalue weighted by molar-refractivity contribution is 7.85. The Morgan fingerprint density at radius 3 is 1.21 bits per heavy atom. The first kappa shape index (κ1) is 29.7. The minimum atomic E-state index is -1.35. The van der Waals surface area contributed by atoms with E-state index in [0.717, 1.165) is 47.5 Å². The Morgan fingerprint density at radius 1 is 0.458 bits per heavy atom. The first-order chi connectivity index (χ1) is 23.6. The van der Waals surface area contributed by atoms with Gasteiger partial charge in [0, 0.05) is 45.4 Å². The van der Waals surface area contributed by atoms with Crippen LogP contribution in [-0.2, 0) is 23.9 Å². The van der Waals surface area contributed by atoms with Crippen molar-refractivity contribution in [3.05, 3.63) is 157 Å². The smallest absolute Gasteiger partial charge is 0.161 e. The van der Waals surface area contributed by atoms with Gasteiger partial charge in [-0.25, -0.2) is 4.21 Å². The summed E-state index contributed by atoms with van der Waals surface area (Å²) in [4.78, 5) is 5.74. The van der Waals surface area contributed by atoms with E-state index in [2.05, 4.69) is 21.9 Å². The quantitative estimate of drug-likeness (QED) is 0.163. The SMILES string of the molecule is O=S(c1ccc(Oc2ccc(N3COc4ccccc4C3)cc2)cc1)c1ccc(Oc2ccc(N3COc4ccccc4C3)cc2)cc1. The van der Waals surface area contributed by atoms with E-state index in [1.54, 1.807) is 0 Å². The summed E-state index contributed by atoms with van der Waals surface area (Å²) in [6, 6.07) is 46.8. The summed E-state index contributed by atoms with van der Waals surface area (Å²) in [6.45, 7) is 2.60. The van der Waals surface area contributed by atoms with Gasteiger partial charge in [0.2, 0.25) is 0 Å². The molecule has 0 spiro atoms. The fourth-order valence-electron chi connectivity index (χ4n) is 5.80. The van der Waals surface area contributed by atoms with Gasteiger partial charge in [0.05, 0.1) is 10.8 Å². The van der Waals surface area contributed by atoms with Crippen molar-refractivity contribution in [2.75, 3.05) is 23.3 Å². The van der Waals surface area contributed by atoms with E-state index in [9.17, 15) is 4.21 Å². The zero-order valence-corrected chi connectivity index (χ0v) is 26.8. The van der Waals surface area contributed by atoms with Crippen LogP contribution in [0.3, 0.4) is 0 Å². The molecule has 0 saturated carbocycles. The lowest BCUT2D eigenvalue weighted by Gasteiger charge is -2.30. The number of nitrogens with zero attached hydrogens (tertiary/aromatic N) is 2. The van der Waals surface area contributed by atoms with Crippen LogP contribution in [0, 0.1) is 0 Å². The van der Waals surface area contributed by atoms with E-state index in [-0.39, 0.29) is 0 Å². The maximum atomic E-state index is 13.3. The summed E-state index contributed by atoms with van der Waals surface area (Å²) in [6.07, 6.45) is 0. The largest absolute Gasteiger partial charge is 0.473 e. The summed E-state index contributed by atoms with van der Waals surface area (Å²) in [5, 5.41) is 0. The fraction of sp³-hybridized carbons (Fsp3) is 0.100. The van der Waals surface area contributed by atoms with Crippen molar-refractivity contribution in [3.8, 4) is 34.5 Å². The molecule has 6 aromatic carbocycles. The van der Waals surface area contributed by atoms with Crippen LogP contribution in [0.2, 0.25) is 0 Å². The molecule has 0 bridgehead atoms. The number of hydrogen-bond acceptors (Lipinski definition) is 7. The average Bonchev–Trinajstić information content (AvgIpc) is 3.15. The molecule has 8 rings (SSSR count). The summed E-state index contributed by atoms with van der Waals surface area (Å²) in [5.74, 6) is 4.68. The molecule has 0 atom stereocenters. The number of ether oxygens (including phenoxy) is 4. The second-order valence-corrected chi connectivity index (χ2v) is 13.0. The fourth-order valence-corrected chi connectivity index (χ4v) is 6.84. The zero-order chi connectivity index (χ0) is 32.3. The summed E-state index contributed by atoms with van der Waals surface area (Å²) >= 11 is 0. The number of fused-ring (bicyclic) bond motifs is 2. The molecule has 2 heterocycles. The molecule has 0 aromatic heterocycles. The molecule has 7 nitrogen and oxygen atoms in total. The Morgan fingerprint density at radius 2 is 0.812 bits per heavy atom. The summed E-state index contributed by atoms with van der Waals surface area (Å²) in [7, 11) is -1.35. The lowest BCUT2D eigenvalue weighted by molar-refractivity contribution is 0.289. The van der Waals surface area contributed by atoms with E-state index in [1.165, 1.54) is 11.1 Å². The average molecular weight is 653 g/mol. The molecular weight excluding hydrogens is 621 g/mol. The molecule has 0 saturated heterocycles. The monoisotopic (exact) mass is 652 g/mol. The predicted octanol–water partition coefficient (Wildman–Crippen LogP) is 9.15.